The van der Waals surface area contributed by atoms with Crippen LogP contribution >= 0.6 is 23.5 Å². The van der Waals surface area contributed by atoms with Gasteiger partial charge in [0.1, 0.15) is 0 Å². The first-order chi connectivity index (χ1) is 10.8. The minimum atomic E-state index is -0.177. The van der Waals surface area contributed by atoms with Crippen LogP contribution in [0.3, 0.4) is 0 Å². The summed E-state index contributed by atoms with van der Waals surface area (Å²) in [5.74, 6) is 5.15. The molecule has 0 saturated carbocycles. The molecule has 0 aliphatic rings. The monoisotopic (exact) mass is 623 g/mol. The fourth-order valence-electron chi connectivity index (χ4n) is 2.15. The molecule has 0 aromatic carbocycles. The summed E-state index contributed by atoms with van der Waals surface area (Å²) in [5, 5.41) is 0. The van der Waals surface area contributed by atoms with E-state index < -0.39 is 0 Å². The third-order valence-electron chi connectivity index (χ3n) is 3.31. The zero-order chi connectivity index (χ0) is 17.4. The second-order valence-corrected chi connectivity index (χ2v) is 8.95. The molecule has 4 nitrogen and oxygen atoms in total. The smallest absolute Gasteiger partial charge is 1.00 e. The van der Waals surface area contributed by atoms with Gasteiger partial charge in [-0.3, -0.25) is 13.9 Å². The summed E-state index contributed by atoms with van der Waals surface area (Å²) in [5.41, 5.74) is 0.422. The molecule has 0 spiro atoms. The van der Waals surface area contributed by atoms with Crippen molar-refractivity contribution >= 4 is 23.5 Å². The van der Waals surface area contributed by atoms with Crippen molar-refractivity contribution in [3.63, 3.8) is 0 Å². The van der Waals surface area contributed by atoms with Crippen molar-refractivity contribution in [1.82, 2.24) is 9.13 Å². The molecule has 0 aliphatic heterocycles. The summed E-state index contributed by atoms with van der Waals surface area (Å²) < 4.78 is 3.12. The fraction of sp³-hybridized carbons (Fsp3) is 0.765. The maximum Gasteiger partial charge on any atom is 2.00 e. The van der Waals surface area contributed by atoms with Crippen LogP contribution in [0.2, 0.25) is 0 Å². The Morgan fingerprint density at radius 3 is 1.73 bits per heavy atom. The molecule has 156 valence electrons. The standard InChI is InChI=1S/C17H30N2O2S2.2ClH.Pt/c1-13(2)11-22-8-6-18-15(5)10-16(20)19(17(18)21)7-9-23-12-14(3)4;;;/h10,13-14H,6-9,11-12H2,1-5H3;2*1H;/q;;;+2/p-2. The molecule has 1 aromatic rings. The van der Waals surface area contributed by atoms with Gasteiger partial charge in [0.25, 0.3) is 5.56 Å². The molecule has 0 N–H and O–H groups in total. The average molecular weight is 625 g/mol. The van der Waals surface area contributed by atoms with Gasteiger partial charge in [-0.1, -0.05) is 27.7 Å². The molecule has 1 aromatic heterocycles. The van der Waals surface area contributed by atoms with Crippen LogP contribution < -0.4 is 36.1 Å². The first-order valence-electron chi connectivity index (χ1n) is 8.29. The third-order valence-corrected chi connectivity index (χ3v) is 6.05. The third kappa shape index (κ3) is 11.5. The van der Waals surface area contributed by atoms with Gasteiger partial charge in [-0.15, -0.1) is 0 Å². The zero-order valence-corrected chi connectivity index (χ0v) is 21.5. The van der Waals surface area contributed by atoms with E-state index in [1.54, 1.807) is 22.4 Å². The Morgan fingerprint density at radius 1 is 0.885 bits per heavy atom. The van der Waals surface area contributed by atoms with E-state index in [4.69, 9.17) is 0 Å². The summed E-state index contributed by atoms with van der Waals surface area (Å²) in [6.45, 7) is 11.7. The Hall–Kier alpha value is 0.648. The molecule has 0 bridgehead atoms. The molecule has 1 heterocycles. The number of hydrogen-bond acceptors (Lipinski definition) is 4. The molecule has 0 aliphatic carbocycles. The fourth-order valence-corrected chi connectivity index (χ4v) is 4.05. The summed E-state index contributed by atoms with van der Waals surface area (Å²) in [6, 6.07) is 1.58. The number of aromatic nitrogens is 2. The van der Waals surface area contributed by atoms with Gasteiger partial charge in [-0.05, 0) is 30.3 Å². The summed E-state index contributed by atoms with van der Waals surface area (Å²) >= 11 is 3.65. The minimum Gasteiger partial charge on any atom is -1.00 e. The minimum absolute atomic E-state index is 0. The van der Waals surface area contributed by atoms with E-state index in [0.29, 0.717) is 24.9 Å². The molecular weight excluding hydrogens is 594 g/mol. The molecule has 26 heavy (non-hydrogen) atoms. The Balaban J connectivity index is -0.00000176. The number of thioether (sulfide) groups is 2. The molecule has 0 amide bonds. The molecule has 9 heteroatoms. The second-order valence-electron chi connectivity index (χ2n) is 6.65. The van der Waals surface area contributed by atoms with Crippen molar-refractivity contribution in [3.05, 3.63) is 32.6 Å². The second kappa shape index (κ2) is 16.6. The van der Waals surface area contributed by atoms with E-state index >= 15 is 0 Å². The van der Waals surface area contributed by atoms with Crippen molar-refractivity contribution in [2.45, 2.75) is 47.7 Å². The van der Waals surface area contributed by atoms with Gasteiger partial charge in [-0.25, -0.2) is 4.79 Å². The number of halogens is 2. The van der Waals surface area contributed by atoms with Crippen LogP contribution in [0.15, 0.2) is 15.7 Å². The Labute approximate surface area is 192 Å². The Kier molecular flexibility index (Phi) is 20.0. The van der Waals surface area contributed by atoms with Gasteiger partial charge in [0, 0.05) is 36.4 Å². The van der Waals surface area contributed by atoms with Crippen molar-refractivity contribution in [2.75, 3.05) is 23.0 Å². The molecule has 0 unspecified atom stereocenters. The van der Waals surface area contributed by atoms with Crippen LogP contribution in [0.5, 0.6) is 0 Å². The van der Waals surface area contributed by atoms with E-state index in [1.807, 2.05) is 18.7 Å². The average Bonchev–Trinajstić information content (AvgIpc) is 2.44. The van der Waals surface area contributed by atoms with Gasteiger partial charge in [-0.2, -0.15) is 23.5 Å². The van der Waals surface area contributed by atoms with Crippen molar-refractivity contribution in [3.8, 4) is 0 Å². The predicted molar refractivity (Wildman–Crippen MR) is 104 cm³/mol. The van der Waals surface area contributed by atoms with Gasteiger partial charge >= 0.3 is 26.8 Å². The van der Waals surface area contributed by atoms with Crippen LogP contribution in [0.25, 0.3) is 0 Å². The summed E-state index contributed by atoms with van der Waals surface area (Å²) in [4.78, 5) is 24.7. The normalized spacial score (nSPS) is 10.3. The Bertz CT molecular complexity index is 607. The predicted octanol–water partition coefficient (Wildman–Crippen LogP) is -2.90. The van der Waals surface area contributed by atoms with Gasteiger partial charge in [0.05, 0.1) is 0 Å². The maximum absolute atomic E-state index is 12.6. The number of nitrogens with zero attached hydrogens (tertiary/aromatic N) is 2. The molecule has 0 radical (unpaired) electrons. The van der Waals surface area contributed by atoms with E-state index in [1.165, 1.54) is 4.57 Å². The van der Waals surface area contributed by atoms with Crippen molar-refractivity contribution in [2.24, 2.45) is 11.8 Å². The first-order valence-corrected chi connectivity index (χ1v) is 10.6. The van der Waals surface area contributed by atoms with E-state index in [-0.39, 0.29) is 57.1 Å². The van der Waals surface area contributed by atoms with Gasteiger partial charge in [0.2, 0.25) is 0 Å². The molecule has 1 rings (SSSR count). The van der Waals surface area contributed by atoms with Crippen LogP contribution in [-0.2, 0) is 34.2 Å². The molecule has 0 atom stereocenters. The van der Waals surface area contributed by atoms with E-state index in [9.17, 15) is 9.59 Å². The summed E-state index contributed by atoms with van der Waals surface area (Å²) in [6.07, 6.45) is 0. The van der Waals surface area contributed by atoms with Crippen LogP contribution in [-0.4, -0.2) is 32.1 Å². The van der Waals surface area contributed by atoms with Crippen molar-refractivity contribution in [1.29, 1.82) is 0 Å². The zero-order valence-electron chi connectivity index (χ0n) is 16.1. The quantitative estimate of drug-likeness (QED) is 0.263. The number of aryl methyl sites for hydroxylation is 1. The summed E-state index contributed by atoms with van der Waals surface area (Å²) in [7, 11) is 0. The largest absolute Gasteiger partial charge is 2.00 e. The molecular formula is C17H30Cl2N2O2PtS2. The SMILES string of the molecule is Cc1cc(=O)n(CCSCC(C)C)c(=O)n1CCSCC(C)C.[Cl-].[Cl-].[Pt+2]. The Morgan fingerprint density at radius 2 is 1.31 bits per heavy atom. The van der Waals surface area contributed by atoms with E-state index in [0.717, 1.165) is 28.7 Å². The van der Waals surface area contributed by atoms with E-state index in [2.05, 4.69) is 27.7 Å². The molecule has 0 fully saturated rings. The molecule has 0 saturated heterocycles. The van der Waals surface area contributed by atoms with Crippen molar-refractivity contribution < 1.29 is 45.9 Å². The first kappa shape index (κ1) is 31.3. The number of rotatable bonds is 10. The van der Waals surface area contributed by atoms with Gasteiger partial charge < -0.3 is 24.8 Å². The van der Waals surface area contributed by atoms with Crippen LogP contribution in [0.1, 0.15) is 33.4 Å². The van der Waals surface area contributed by atoms with Gasteiger partial charge in [0.15, 0.2) is 0 Å². The number of hydrogen-bond donors (Lipinski definition) is 0. The van der Waals surface area contributed by atoms with Crippen LogP contribution in [0.4, 0.5) is 0 Å². The maximum atomic E-state index is 12.6. The topological polar surface area (TPSA) is 44.0 Å². The van der Waals surface area contributed by atoms with Crippen LogP contribution in [0, 0.1) is 18.8 Å².